The van der Waals surface area contributed by atoms with Crippen molar-refractivity contribution in [2.45, 2.75) is 18.9 Å². The Balaban J connectivity index is 1.44. The zero-order chi connectivity index (χ0) is 18.8. The number of amides is 2. The van der Waals surface area contributed by atoms with E-state index in [1.165, 1.54) is 4.90 Å². The van der Waals surface area contributed by atoms with Crippen molar-refractivity contribution in [3.05, 3.63) is 48.5 Å². The maximum absolute atomic E-state index is 12.2. The van der Waals surface area contributed by atoms with Crippen LogP contribution in [0.5, 0.6) is 0 Å². The first-order valence-corrected chi connectivity index (χ1v) is 9.66. The highest BCUT2D eigenvalue weighted by atomic mass is 32.1. The van der Waals surface area contributed by atoms with E-state index in [2.05, 4.69) is 10.3 Å². The molecule has 0 saturated carbocycles. The van der Waals surface area contributed by atoms with Crippen LogP contribution < -0.4 is 5.32 Å². The van der Waals surface area contributed by atoms with Crippen molar-refractivity contribution < 1.29 is 14.7 Å². The number of fused-ring (bicyclic) bond motifs is 1. The number of piperidine rings is 1. The number of likely N-dealkylation sites (tertiary alicyclic amines) is 1. The number of aliphatic hydroxyl groups excluding tert-OH is 1. The minimum atomic E-state index is -0.683. The summed E-state index contributed by atoms with van der Waals surface area (Å²) in [6.45, 7) is 0.711. The second kappa shape index (κ2) is 7.46. The normalized spacial score (nSPS) is 17.1. The number of thiazole rings is 1. The minimum Gasteiger partial charge on any atom is -0.391 e. The zero-order valence-electron chi connectivity index (χ0n) is 14.6. The predicted molar refractivity (Wildman–Crippen MR) is 106 cm³/mol. The summed E-state index contributed by atoms with van der Waals surface area (Å²) in [5.41, 5.74) is 2.47. The Bertz CT molecular complexity index is 951. The van der Waals surface area contributed by atoms with Gasteiger partial charge < -0.3 is 15.3 Å². The highest BCUT2D eigenvalue weighted by molar-refractivity contribution is 7.21. The van der Waals surface area contributed by atoms with E-state index in [0.29, 0.717) is 25.1 Å². The average Bonchev–Trinajstić information content (AvgIpc) is 3.12. The van der Waals surface area contributed by atoms with Gasteiger partial charge in [0, 0.05) is 24.3 Å². The Kier molecular flexibility index (Phi) is 4.87. The van der Waals surface area contributed by atoms with E-state index in [9.17, 15) is 14.7 Å². The molecule has 1 saturated heterocycles. The van der Waals surface area contributed by atoms with Crippen molar-refractivity contribution in [3.8, 4) is 10.6 Å². The molecule has 0 radical (unpaired) electrons. The lowest BCUT2D eigenvalue weighted by molar-refractivity contribution is -0.145. The standard InChI is InChI=1S/C20H19N3O3S/c24-15-4-3-11-23(12-15)20(26)18(25)21-14-9-7-13(8-10-14)19-22-16-5-1-2-6-17(16)27-19/h1-2,5-10,15,24H,3-4,11-12H2,(H,21,25). The maximum Gasteiger partial charge on any atom is 0.313 e. The van der Waals surface area contributed by atoms with Crippen LogP contribution in [0.25, 0.3) is 20.8 Å². The lowest BCUT2D eigenvalue weighted by Crippen LogP contribution is -2.46. The largest absolute Gasteiger partial charge is 0.391 e. The molecule has 27 heavy (non-hydrogen) atoms. The van der Waals surface area contributed by atoms with E-state index in [0.717, 1.165) is 20.8 Å². The third-order valence-electron chi connectivity index (χ3n) is 4.56. The average molecular weight is 381 g/mol. The number of rotatable bonds is 2. The molecule has 2 heterocycles. The van der Waals surface area contributed by atoms with Crippen LogP contribution >= 0.6 is 11.3 Å². The number of anilines is 1. The Morgan fingerprint density at radius 3 is 2.67 bits per heavy atom. The number of nitrogens with one attached hydrogen (secondary N) is 1. The van der Waals surface area contributed by atoms with Gasteiger partial charge in [0.05, 0.1) is 16.3 Å². The van der Waals surface area contributed by atoms with Crippen LogP contribution in [0.15, 0.2) is 48.5 Å². The zero-order valence-corrected chi connectivity index (χ0v) is 15.4. The van der Waals surface area contributed by atoms with Gasteiger partial charge in [0.1, 0.15) is 5.01 Å². The molecule has 1 aliphatic heterocycles. The smallest absolute Gasteiger partial charge is 0.313 e. The molecule has 138 valence electrons. The van der Waals surface area contributed by atoms with Gasteiger partial charge in [0.15, 0.2) is 0 Å². The number of aromatic nitrogens is 1. The maximum atomic E-state index is 12.2. The minimum absolute atomic E-state index is 0.211. The number of carbonyl (C=O) groups excluding carboxylic acids is 2. The molecule has 2 N–H and O–H groups in total. The molecule has 0 spiro atoms. The van der Waals surface area contributed by atoms with Crippen LogP contribution in [0.4, 0.5) is 5.69 Å². The number of para-hydroxylation sites is 1. The number of carbonyl (C=O) groups is 2. The Hall–Kier alpha value is -2.77. The van der Waals surface area contributed by atoms with Crippen molar-refractivity contribution in [1.29, 1.82) is 0 Å². The van der Waals surface area contributed by atoms with E-state index in [1.54, 1.807) is 23.5 Å². The van der Waals surface area contributed by atoms with Crippen LogP contribution in [0.3, 0.4) is 0 Å². The van der Waals surface area contributed by atoms with Gasteiger partial charge in [0.25, 0.3) is 0 Å². The number of hydrogen-bond acceptors (Lipinski definition) is 5. The van der Waals surface area contributed by atoms with Gasteiger partial charge in [-0.3, -0.25) is 9.59 Å². The van der Waals surface area contributed by atoms with Gasteiger partial charge in [-0.15, -0.1) is 11.3 Å². The van der Waals surface area contributed by atoms with Gasteiger partial charge in [-0.2, -0.15) is 0 Å². The molecule has 3 aromatic rings. The third-order valence-corrected chi connectivity index (χ3v) is 5.65. The first-order chi connectivity index (χ1) is 13.1. The fourth-order valence-corrected chi connectivity index (χ4v) is 4.13. The van der Waals surface area contributed by atoms with E-state index in [1.807, 2.05) is 36.4 Å². The van der Waals surface area contributed by atoms with E-state index < -0.39 is 17.9 Å². The number of nitrogens with zero attached hydrogens (tertiary/aromatic N) is 2. The van der Waals surface area contributed by atoms with Gasteiger partial charge in [0.2, 0.25) is 0 Å². The van der Waals surface area contributed by atoms with Crippen molar-refractivity contribution in [2.24, 2.45) is 0 Å². The topological polar surface area (TPSA) is 82.5 Å². The number of hydrogen-bond donors (Lipinski definition) is 2. The van der Waals surface area contributed by atoms with Gasteiger partial charge in [-0.1, -0.05) is 12.1 Å². The predicted octanol–water partition coefficient (Wildman–Crippen LogP) is 2.89. The number of β-amino-alcohol motifs (C(OH)–C–C–N with tert-alkyl or cyclic N) is 1. The fraction of sp³-hybridized carbons (Fsp3) is 0.250. The molecule has 1 fully saturated rings. The molecule has 4 rings (SSSR count). The fourth-order valence-electron chi connectivity index (χ4n) is 3.16. The molecule has 2 amide bonds. The lowest BCUT2D eigenvalue weighted by atomic mass is 10.1. The Labute approximate surface area is 160 Å². The summed E-state index contributed by atoms with van der Waals surface area (Å²) in [4.78, 5) is 30.4. The lowest BCUT2D eigenvalue weighted by Gasteiger charge is -2.29. The first-order valence-electron chi connectivity index (χ1n) is 8.84. The second-order valence-corrected chi connectivity index (χ2v) is 7.60. The van der Waals surface area contributed by atoms with E-state index in [-0.39, 0.29) is 6.54 Å². The van der Waals surface area contributed by atoms with Crippen LogP contribution in [0, 0.1) is 0 Å². The summed E-state index contributed by atoms with van der Waals surface area (Å²) in [7, 11) is 0. The van der Waals surface area contributed by atoms with Crippen LogP contribution in [-0.4, -0.2) is 46.0 Å². The van der Waals surface area contributed by atoms with Crippen molar-refractivity contribution in [1.82, 2.24) is 9.88 Å². The molecule has 0 aliphatic carbocycles. The molecule has 1 aromatic heterocycles. The molecule has 0 bridgehead atoms. The number of aliphatic hydroxyl groups is 1. The molecular formula is C20H19N3O3S. The van der Waals surface area contributed by atoms with Crippen molar-refractivity contribution in [3.63, 3.8) is 0 Å². The Morgan fingerprint density at radius 2 is 1.93 bits per heavy atom. The van der Waals surface area contributed by atoms with Gasteiger partial charge >= 0.3 is 11.8 Å². The highest BCUT2D eigenvalue weighted by Gasteiger charge is 2.26. The number of benzene rings is 2. The summed E-state index contributed by atoms with van der Waals surface area (Å²) in [5.74, 6) is -1.29. The Morgan fingerprint density at radius 1 is 1.15 bits per heavy atom. The summed E-state index contributed by atoms with van der Waals surface area (Å²) in [6.07, 6.45) is 0.818. The summed E-state index contributed by atoms with van der Waals surface area (Å²) >= 11 is 1.61. The quantitative estimate of drug-likeness (QED) is 0.669. The highest BCUT2D eigenvalue weighted by Crippen LogP contribution is 2.30. The van der Waals surface area contributed by atoms with Gasteiger partial charge in [-0.05, 0) is 49.2 Å². The van der Waals surface area contributed by atoms with Gasteiger partial charge in [-0.25, -0.2) is 4.98 Å². The molecule has 1 unspecified atom stereocenters. The molecule has 1 atom stereocenters. The van der Waals surface area contributed by atoms with Crippen molar-refractivity contribution >= 4 is 39.1 Å². The summed E-state index contributed by atoms with van der Waals surface area (Å²) in [5, 5.41) is 13.2. The van der Waals surface area contributed by atoms with Crippen LogP contribution in [0.1, 0.15) is 12.8 Å². The molecular weight excluding hydrogens is 362 g/mol. The molecule has 6 nitrogen and oxygen atoms in total. The van der Waals surface area contributed by atoms with E-state index >= 15 is 0 Å². The summed E-state index contributed by atoms with van der Waals surface area (Å²) < 4.78 is 1.12. The second-order valence-electron chi connectivity index (χ2n) is 6.57. The van der Waals surface area contributed by atoms with E-state index in [4.69, 9.17) is 0 Å². The SMILES string of the molecule is O=C(Nc1ccc(-c2nc3ccccc3s2)cc1)C(=O)N1CCCC(O)C1. The monoisotopic (exact) mass is 381 g/mol. The third kappa shape index (κ3) is 3.84. The molecule has 7 heteroatoms. The van der Waals surface area contributed by atoms with Crippen LogP contribution in [-0.2, 0) is 9.59 Å². The first kappa shape index (κ1) is 17.6. The summed E-state index contributed by atoms with van der Waals surface area (Å²) in [6, 6.07) is 15.2. The molecule has 1 aliphatic rings. The van der Waals surface area contributed by atoms with Crippen LogP contribution in [0.2, 0.25) is 0 Å². The van der Waals surface area contributed by atoms with Crippen molar-refractivity contribution in [2.75, 3.05) is 18.4 Å². The molecule has 2 aromatic carbocycles.